The Morgan fingerprint density at radius 1 is 1.00 bits per heavy atom. The van der Waals surface area contributed by atoms with Crippen LogP contribution in [0.3, 0.4) is 0 Å². The number of aromatic nitrogens is 4. The lowest BCUT2D eigenvalue weighted by Gasteiger charge is -2.29. The van der Waals surface area contributed by atoms with Crippen LogP contribution >= 0.6 is 0 Å². The van der Waals surface area contributed by atoms with Gasteiger partial charge in [0.2, 0.25) is 0 Å². The standard InChI is InChI=1S/C17H17N5O4/c23-15-11-13(18-14-3-1-2-4-21(14)15)12-19-5-6-22(17(25)16(19)24)20-7-9-26-10-8-20/h1-6,11H,7-10,12H2. The molecule has 0 aromatic carbocycles. The first-order chi connectivity index (χ1) is 12.6. The second-order valence-electron chi connectivity index (χ2n) is 5.96. The summed E-state index contributed by atoms with van der Waals surface area (Å²) >= 11 is 0. The molecule has 4 rings (SSSR count). The second-order valence-corrected chi connectivity index (χ2v) is 5.96. The zero-order chi connectivity index (χ0) is 18.1. The van der Waals surface area contributed by atoms with Crippen LogP contribution in [0.2, 0.25) is 0 Å². The largest absolute Gasteiger partial charge is 0.378 e. The first kappa shape index (κ1) is 16.3. The first-order valence-electron chi connectivity index (χ1n) is 8.26. The van der Waals surface area contributed by atoms with E-state index in [1.165, 1.54) is 25.9 Å². The molecule has 0 unspecified atom stereocenters. The molecule has 1 fully saturated rings. The fourth-order valence-electron chi connectivity index (χ4n) is 2.97. The number of ether oxygens (including phenoxy) is 1. The third kappa shape index (κ3) is 2.93. The van der Waals surface area contributed by atoms with Crippen molar-refractivity contribution in [3.8, 4) is 0 Å². The highest BCUT2D eigenvalue weighted by Crippen LogP contribution is 2.00. The van der Waals surface area contributed by atoms with Gasteiger partial charge in [0.05, 0.1) is 38.5 Å². The normalized spacial score (nSPS) is 14.7. The third-order valence-corrected chi connectivity index (χ3v) is 4.29. The van der Waals surface area contributed by atoms with Gasteiger partial charge in [0.15, 0.2) is 0 Å². The minimum absolute atomic E-state index is 0.0542. The van der Waals surface area contributed by atoms with Crippen LogP contribution in [0.15, 0.2) is 57.2 Å². The van der Waals surface area contributed by atoms with E-state index in [1.807, 2.05) is 0 Å². The number of fused-ring (bicyclic) bond motifs is 1. The summed E-state index contributed by atoms with van der Waals surface area (Å²) in [5, 5.41) is 1.78. The molecule has 0 aliphatic carbocycles. The molecule has 0 saturated carbocycles. The highest BCUT2D eigenvalue weighted by atomic mass is 16.5. The minimum atomic E-state index is -0.658. The summed E-state index contributed by atoms with van der Waals surface area (Å²) in [5.74, 6) is 0. The van der Waals surface area contributed by atoms with Gasteiger partial charge in [0.25, 0.3) is 5.56 Å². The second kappa shape index (κ2) is 6.60. The molecular weight excluding hydrogens is 338 g/mol. The van der Waals surface area contributed by atoms with Gasteiger partial charge in [-0.15, -0.1) is 0 Å². The molecule has 3 aromatic heterocycles. The summed E-state index contributed by atoms with van der Waals surface area (Å²) < 4.78 is 9.27. The molecule has 26 heavy (non-hydrogen) atoms. The van der Waals surface area contributed by atoms with Crippen LogP contribution in [-0.4, -0.2) is 44.9 Å². The van der Waals surface area contributed by atoms with E-state index >= 15 is 0 Å². The zero-order valence-electron chi connectivity index (χ0n) is 13.9. The Kier molecular flexibility index (Phi) is 4.13. The first-order valence-corrected chi connectivity index (χ1v) is 8.26. The van der Waals surface area contributed by atoms with Crippen molar-refractivity contribution in [3.05, 3.63) is 79.6 Å². The summed E-state index contributed by atoms with van der Waals surface area (Å²) in [6.07, 6.45) is 4.72. The quantitative estimate of drug-likeness (QED) is 0.562. The van der Waals surface area contributed by atoms with Crippen LogP contribution in [0.25, 0.3) is 5.65 Å². The summed E-state index contributed by atoms with van der Waals surface area (Å²) in [6, 6.07) is 6.60. The Morgan fingerprint density at radius 3 is 2.62 bits per heavy atom. The van der Waals surface area contributed by atoms with Gasteiger partial charge in [0.1, 0.15) is 5.65 Å². The van der Waals surface area contributed by atoms with E-state index in [0.29, 0.717) is 37.6 Å². The van der Waals surface area contributed by atoms with Crippen molar-refractivity contribution in [2.24, 2.45) is 0 Å². The van der Waals surface area contributed by atoms with E-state index in [2.05, 4.69) is 4.98 Å². The van der Waals surface area contributed by atoms with Crippen molar-refractivity contribution >= 4 is 5.65 Å². The Morgan fingerprint density at radius 2 is 1.81 bits per heavy atom. The van der Waals surface area contributed by atoms with Crippen molar-refractivity contribution < 1.29 is 4.74 Å². The van der Waals surface area contributed by atoms with Gasteiger partial charge in [-0.3, -0.25) is 18.8 Å². The predicted octanol–water partition coefficient (Wildman–Crippen LogP) is -0.966. The van der Waals surface area contributed by atoms with Crippen molar-refractivity contribution in [1.82, 2.24) is 18.6 Å². The molecule has 1 saturated heterocycles. The molecule has 134 valence electrons. The Bertz CT molecular complexity index is 1120. The van der Waals surface area contributed by atoms with Gasteiger partial charge in [0, 0.05) is 24.7 Å². The van der Waals surface area contributed by atoms with Crippen LogP contribution in [0, 0.1) is 0 Å². The van der Waals surface area contributed by atoms with Gasteiger partial charge >= 0.3 is 11.1 Å². The molecule has 1 aliphatic rings. The van der Waals surface area contributed by atoms with E-state index < -0.39 is 11.1 Å². The van der Waals surface area contributed by atoms with Gasteiger partial charge in [-0.2, -0.15) is 0 Å². The maximum Gasteiger partial charge on any atom is 0.334 e. The molecule has 1 aliphatic heterocycles. The molecule has 4 heterocycles. The fourth-order valence-corrected chi connectivity index (χ4v) is 2.97. The van der Waals surface area contributed by atoms with Crippen molar-refractivity contribution in [2.75, 3.05) is 31.3 Å². The number of hydrogen-bond acceptors (Lipinski definition) is 6. The van der Waals surface area contributed by atoms with Crippen LogP contribution in [0.4, 0.5) is 0 Å². The lowest BCUT2D eigenvalue weighted by atomic mass is 10.3. The number of nitrogens with zero attached hydrogens (tertiary/aromatic N) is 5. The van der Waals surface area contributed by atoms with E-state index in [1.54, 1.807) is 35.6 Å². The average molecular weight is 355 g/mol. The molecule has 3 aromatic rings. The molecule has 9 nitrogen and oxygen atoms in total. The van der Waals surface area contributed by atoms with Gasteiger partial charge in [-0.1, -0.05) is 6.07 Å². The summed E-state index contributed by atoms with van der Waals surface area (Å²) in [4.78, 5) is 41.4. The lowest BCUT2D eigenvalue weighted by Crippen LogP contribution is -2.53. The van der Waals surface area contributed by atoms with Crippen molar-refractivity contribution in [1.29, 1.82) is 0 Å². The fraction of sp³-hybridized carbons (Fsp3) is 0.294. The number of rotatable bonds is 3. The average Bonchev–Trinajstić information content (AvgIpc) is 2.66. The molecule has 0 N–H and O–H groups in total. The maximum absolute atomic E-state index is 12.4. The SMILES string of the molecule is O=c1c(=O)n(N2CCOCC2)ccn1Cc1cc(=O)n2ccccc2n1. The summed E-state index contributed by atoms with van der Waals surface area (Å²) in [6.45, 7) is 2.18. The van der Waals surface area contributed by atoms with Gasteiger partial charge < -0.3 is 14.3 Å². The molecular formula is C17H17N5O4. The van der Waals surface area contributed by atoms with Crippen molar-refractivity contribution in [2.45, 2.75) is 6.54 Å². The highest BCUT2D eigenvalue weighted by Gasteiger charge is 2.15. The van der Waals surface area contributed by atoms with Crippen LogP contribution in [0.5, 0.6) is 0 Å². The lowest BCUT2D eigenvalue weighted by molar-refractivity contribution is 0.110. The number of pyridine rings is 1. The topological polar surface area (TPSA) is 90.8 Å². The minimum Gasteiger partial charge on any atom is -0.378 e. The van der Waals surface area contributed by atoms with Crippen LogP contribution in [0.1, 0.15) is 5.69 Å². The Hall–Kier alpha value is -3.20. The van der Waals surface area contributed by atoms with E-state index in [9.17, 15) is 14.4 Å². The summed E-state index contributed by atoms with van der Waals surface area (Å²) in [7, 11) is 0. The Labute approximate surface area is 147 Å². The molecule has 0 spiro atoms. The monoisotopic (exact) mass is 355 g/mol. The number of morpholine rings is 1. The highest BCUT2D eigenvalue weighted by molar-refractivity contribution is 5.38. The Balaban J connectivity index is 1.69. The molecule has 0 atom stereocenters. The van der Waals surface area contributed by atoms with Crippen molar-refractivity contribution in [3.63, 3.8) is 0 Å². The predicted molar refractivity (Wildman–Crippen MR) is 94.3 cm³/mol. The van der Waals surface area contributed by atoms with Crippen LogP contribution < -0.4 is 21.7 Å². The van der Waals surface area contributed by atoms with E-state index in [-0.39, 0.29) is 12.1 Å². The molecule has 0 bridgehead atoms. The van der Waals surface area contributed by atoms with Gasteiger partial charge in [-0.25, -0.2) is 9.66 Å². The smallest absolute Gasteiger partial charge is 0.334 e. The molecule has 9 heteroatoms. The summed E-state index contributed by atoms with van der Waals surface area (Å²) in [5.41, 5.74) is -0.613. The zero-order valence-corrected chi connectivity index (χ0v) is 13.9. The van der Waals surface area contributed by atoms with E-state index in [4.69, 9.17) is 4.74 Å². The third-order valence-electron chi connectivity index (χ3n) is 4.29. The molecule has 0 amide bonds. The van der Waals surface area contributed by atoms with E-state index in [0.717, 1.165) is 0 Å². The van der Waals surface area contributed by atoms with Gasteiger partial charge in [-0.05, 0) is 12.1 Å². The number of hydrogen-bond donors (Lipinski definition) is 0. The molecule has 0 radical (unpaired) electrons. The van der Waals surface area contributed by atoms with Crippen LogP contribution in [-0.2, 0) is 11.3 Å². The maximum atomic E-state index is 12.4.